The van der Waals surface area contributed by atoms with Gasteiger partial charge in [0.25, 0.3) is 0 Å². The van der Waals surface area contributed by atoms with Crippen molar-refractivity contribution in [3.63, 3.8) is 0 Å². The van der Waals surface area contributed by atoms with Crippen LogP contribution in [0.25, 0.3) is 0 Å². The SMILES string of the molecule is Cc1ccc(CN2CCC(C(C)N)CC2)cc1C. The van der Waals surface area contributed by atoms with Gasteiger partial charge in [0.05, 0.1) is 0 Å². The van der Waals surface area contributed by atoms with E-state index in [-0.39, 0.29) is 0 Å². The van der Waals surface area contributed by atoms with E-state index in [2.05, 4.69) is 43.9 Å². The van der Waals surface area contributed by atoms with Gasteiger partial charge >= 0.3 is 0 Å². The van der Waals surface area contributed by atoms with Gasteiger partial charge in [0.1, 0.15) is 0 Å². The predicted molar refractivity (Wildman–Crippen MR) is 77.6 cm³/mol. The third-order valence-electron chi connectivity index (χ3n) is 4.35. The zero-order valence-corrected chi connectivity index (χ0v) is 11.9. The smallest absolute Gasteiger partial charge is 0.0233 e. The third kappa shape index (κ3) is 3.33. The normalized spacial score (nSPS) is 20.0. The van der Waals surface area contributed by atoms with Crippen LogP contribution >= 0.6 is 0 Å². The average Bonchev–Trinajstić information content (AvgIpc) is 2.34. The second kappa shape index (κ2) is 5.85. The van der Waals surface area contributed by atoms with Gasteiger partial charge in [-0.25, -0.2) is 0 Å². The second-order valence-corrected chi connectivity index (χ2v) is 5.89. The molecule has 1 saturated heterocycles. The Morgan fingerprint density at radius 3 is 2.44 bits per heavy atom. The first kappa shape index (κ1) is 13.6. The average molecular weight is 246 g/mol. The van der Waals surface area contributed by atoms with Crippen LogP contribution in [0.15, 0.2) is 18.2 Å². The maximum atomic E-state index is 5.98. The molecule has 1 aromatic rings. The molecule has 1 unspecified atom stereocenters. The summed E-state index contributed by atoms with van der Waals surface area (Å²) in [5.41, 5.74) is 10.2. The summed E-state index contributed by atoms with van der Waals surface area (Å²) in [6.07, 6.45) is 2.50. The summed E-state index contributed by atoms with van der Waals surface area (Å²) in [7, 11) is 0. The summed E-state index contributed by atoms with van der Waals surface area (Å²) in [4.78, 5) is 2.56. The van der Waals surface area contributed by atoms with E-state index in [1.807, 2.05) is 0 Å². The van der Waals surface area contributed by atoms with Crippen LogP contribution in [0.5, 0.6) is 0 Å². The van der Waals surface area contributed by atoms with E-state index >= 15 is 0 Å². The van der Waals surface area contributed by atoms with Crippen molar-refractivity contribution in [3.05, 3.63) is 34.9 Å². The van der Waals surface area contributed by atoms with Crippen LogP contribution in [-0.4, -0.2) is 24.0 Å². The van der Waals surface area contributed by atoms with E-state index in [0.717, 1.165) is 12.5 Å². The van der Waals surface area contributed by atoms with Crippen LogP contribution in [-0.2, 0) is 6.54 Å². The van der Waals surface area contributed by atoms with Crippen molar-refractivity contribution in [2.75, 3.05) is 13.1 Å². The molecular weight excluding hydrogens is 220 g/mol. The minimum absolute atomic E-state index is 0.355. The minimum Gasteiger partial charge on any atom is -0.328 e. The number of nitrogens with two attached hydrogens (primary N) is 1. The molecule has 0 saturated carbocycles. The summed E-state index contributed by atoms with van der Waals surface area (Å²) < 4.78 is 0. The Kier molecular flexibility index (Phi) is 4.41. The summed E-state index contributed by atoms with van der Waals surface area (Å²) in [6, 6.07) is 7.18. The highest BCUT2D eigenvalue weighted by Crippen LogP contribution is 2.21. The monoisotopic (exact) mass is 246 g/mol. The van der Waals surface area contributed by atoms with Crippen LogP contribution < -0.4 is 5.73 Å². The molecule has 2 heteroatoms. The van der Waals surface area contributed by atoms with Gasteiger partial charge in [-0.3, -0.25) is 4.90 Å². The van der Waals surface area contributed by atoms with Gasteiger partial charge in [0.2, 0.25) is 0 Å². The van der Waals surface area contributed by atoms with Crippen LogP contribution in [0.4, 0.5) is 0 Å². The molecule has 0 radical (unpaired) electrons. The lowest BCUT2D eigenvalue weighted by atomic mass is 9.91. The third-order valence-corrected chi connectivity index (χ3v) is 4.35. The molecule has 100 valence electrons. The van der Waals surface area contributed by atoms with Crippen molar-refractivity contribution in [1.82, 2.24) is 4.90 Å². The number of likely N-dealkylation sites (tertiary alicyclic amines) is 1. The molecule has 0 aliphatic carbocycles. The van der Waals surface area contributed by atoms with Crippen LogP contribution in [0.3, 0.4) is 0 Å². The molecule has 1 atom stereocenters. The maximum absolute atomic E-state index is 5.98. The number of aryl methyl sites for hydroxylation is 2. The highest BCUT2D eigenvalue weighted by molar-refractivity contribution is 5.29. The summed E-state index contributed by atoms with van der Waals surface area (Å²) >= 11 is 0. The number of hydrogen-bond donors (Lipinski definition) is 1. The standard InChI is InChI=1S/C16H26N2/c1-12-4-5-15(10-13(12)2)11-18-8-6-16(7-9-18)14(3)17/h4-5,10,14,16H,6-9,11,17H2,1-3H3. The fourth-order valence-corrected chi connectivity index (χ4v) is 2.80. The molecule has 1 aromatic carbocycles. The van der Waals surface area contributed by atoms with Gasteiger partial charge in [-0.2, -0.15) is 0 Å². The van der Waals surface area contributed by atoms with Crippen molar-refractivity contribution in [2.45, 2.75) is 46.2 Å². The fourth-order valence-electron chi connectivity index (χ4n) is 2.80. The van der Waals surface area contributed by atoms with Crippen molar-refractivity contribution in [2.24, 2.45) is 11.7 Å². The highest BCUT2D eigenvalue weighted by Gasteiger charge is 2.21. The zero-order chi connectivity index (χ0) is 13.1. The van der Waals surface area contributed by atoms with E-state index in [0.29, 0.717) is 6.04 Å². The Morgan fingerprint density at radius 1 is 1.22 bits per heavy atom. The summed E-state index contributed by atoms with van der Waals surface area (Å²) in [5.74, 6) is 0.723. The Hall–Kier alpha value is -0.860. The molecule has 0 amide bonds. The van der Waals surface area contributed by atoms with Crippen LogP contribution in [0, 0.1) is 19.8 Å². The Balaban J connectivity index is 1.89. The molecule has 0 bridgehead atoms. The molecule has 1 heterocycles. The molecule has 0 aromatic heterocycles. The lowest BCUT2D eigenvalue weighted by molar-refractivity contribution is 0.165. The lowest BCUT2D eigenvalue weighted by Gasteiger charge is -2.33. The van der Waals surface area contributed by atoms with Gasteiger partial charge in [0, 0.05) is 12.6 Å². The number of piperidine rings is 1. The molecular formula is C16H26N2. The number of nitrogens with zero attached hydrogens (tertiary/aromatic N) is 1. The van der Waals surface area contributed by atoms with E-state index in [1.165, 1.54) is 42.6 Å². The largest absolute Gasteiger partial charge is 0.328 e. The highest BCUT2D eigenvalue weighted by atomic mass is 15.1. The molecule has 2 N–H and O–H groups in total. The van der Waals surface area contributed by atoms with Crippen LogP contribution in [0.1, 0.15) is 36.5 Å². The van der Waals surface area contributed by atoms with Crippen molar-refractivity contribution >= 4 is 0 Å². The second-order valence-electron chi connectivity index (χ2n) is 5.89. The van der Waals surface area contributed by atoms with Gasteiger partial charge in [-0.05, 0) is 69.3 Å². The van der Waals surface area contributed by atoms with E-state index in [4.69, 9.17) is 5.73 Å². The summed E-state index contributed by atoms with van der Waals surface area (Å²) in [5, 5.41) is 0. The molecule has 2 nitrogen and oxygen atoms in total. The molecule has 1 aliphatic heterocycles. The fraction of sp³-hybridized carbons (Fsp3) is 0.625. The molecule has 18 heavy (non-hydrogen) atoms. The van der Waals surface area contributed by atoms with E-state index in [1.54, 1.807) is 0 Å². The summed E-state index contributed by atoms with van der Waals surface area (Å²) in [6.45, 7) is 9.99. The maximum Gasteiger partial charge on any atom is 0.0233 e. The Bertz CT molecular complexity index is 390. The number of hydrogen-bond acceptors (Lipinski definition) is 2. The van der Waals surface area contributed by atoms with Crippen molar-refractivity contribution < 1.29 is 0 Å². The Morgan fingerprint density at radius 2 is 1.89 bits per heavy atom. The molecule has 0 spiro atoms. The number of benzene rings is 1. The first-order chi connectivity index (χ1) is 8.56. The van der Waals surface area contributed by atoms with E-state index in [9.17, 15) is 0 Å². The number of rotatable bonds is 3. The van der Waals surface area contributed by atoms with Gasteiger partial charge in [0.15, 0.2) is 0 Å². The topological polar surface area (TPSA) is 29.3 Å². The zero-order valence-electron chi connectivity index (χ0n) is 11.9. The Labute approximate surface area is 111 Å². The van der Waals surface area contributed by atoms with Gasteiger partial charge in [-0.15, -0.1) is 0 Å². The molecule has 2 rings (SSSR count). The van der Waals surface area contributed by atoms with Gasteiger partial charge in [-0.1, -0.05) is 18.2 Å². The van der Waals surface area contributed by atoms with Crippen molar-refractivity contribution in [1.29, 1.82) is 0 Å². The molecule has 1 fully saturated rings. The predicted octanol–water partition coefficient (Wildman–Crippen LogP) is 2.86. The minimum atomic E-state index is 0.355. The first-order valence-corrected chi connectivity index (χ1v) is 7.10. The first-order valence-electron chi connectivity index (χ1n) is 7.10. The lowest BCUT2D eigenvalue weighted by Crippen LogP contribution is -2.39. The van der Waals surface area contributed by atoms with Gasteiger partial charge < -0.3 is 5.73 Å². The molecule has 1 aliphatic rings. The van der Waals surface area contributed by atoms with Crippen molar-refractivity contribution in [3.8, 4) is 0 Å². The quantitative estimate of drug-likeness (QED) is 0.888. The van der Waals surface area contributed by atoms with Crippen LogP contribution in [0.2, 0.25) is 0 Å². The van der Waals surface area contributed by atoms with E-state index < -0.39 is 0 Å².